The van der Waals surface area contributed by atoms with Crippen LogP contribution in [-0.2, 0) is 16.0 Å². The highest BCUT2D eigenvalue weighted by atomic mass is 16.5. The molecule has 4 nitrogen and oxygen atoms in total. The number of ether oxygens (including phenoxy) is 1. The van der Waals surface area contributed by atoms with E-state index < -0.39 is 6.04 Å². The van der Waals surface area contributed by atoms with Gasteiger partial charge in [-0.3, -0.25) is 4.79 Å². The molecule has 100 valence electrons. The predicted molar refractivity (Wildman–Crippen MR) is 72.2 cm³/mol. The number of rotatable bonds is 7. The van der Waals surface area contributed by atoms with Crippen LogP contribution in [0.25, 0.3) is 0 Å². The average Bonchev–Trinajstić information content (AvgIpc) is 2.39. The molecule has 0 spiro atoms. The van der Waals surface area contributed by atoms with Crippen molar-refractivity contribution in [3.8, 4) is 0 Å². The molecule has 0 aromatic heterocycles. The van der Waals surface area contributed by atoms with Crippen molar-refractivity contribution in [2.45, 2.75) is 31.8 Å². The standard InChI is InChI=1S/C14H22N2O2/c1-3-12(10-18-2)16-14(17)13(15)9-11-7-5-4-6-8-11/h4-8,12-13H,3,9-10,15H2,1-2H3,(H,16,17)/t12?,13-/m0/s1. The topological polar surface area (TPSA) is 64.3 Å². The van der Waals surface area contributed by atoms with Crippen LogP contribution >= 0.6 is 0 Å². The van der Waals surface area contributed by atoms with Crippen LogP contribution in [0.5, 0.6) is 0 Å². The molecule has 0 heterocycles. The molecule has 0 aliphatic carbocycles. The van der Waals surface area contributed by atoms with Crippen molar-refractivity contribution < 1.29 is 9.53 Å². The van der Waals surface area contributed by atoms with Gasteiger partial charge < -0.3 is 15.8 Å². The normalized spacial score (nSPS) is 13.9. The average molecular weight is 250 g/mol. The van der Waals surface area contributed by atoms with Gasteiger partial charge in [0.15, 0.2) is 0 Å². The van der Waals surface area contributed by atoms with Crippen molar-refractivity contribution in [3.63, 3.8) is 0 Å². The molecular formula is C14H22N2O2. The first-order valence-corrected chi connectivity index (χ1v) is 6.26. The van der Waals surface area contributed by atoms with Crippen molar-refractivity contribution >= 4 is 5.91 Å². The minimum Gasteiger partial charge on any atom is -0.383 e. The molecule has 0 saturated carbocycles. The molecule has 4 heteroatoms. The van der Waals surface area contributed by atoms with Crippen LogP contribution in [0.3, 0.4) is 0 Å². The van der Waals surface area contributed by atoms with E-state index in [0.29, 0.717) is 13.0 Å². The van der Waals surface area contributed by atoms with E-state index in [0.717, 1.165) is 12.0 Å². The Morgan fingerprint density at radius 1 is 1.39 bits per heavy atom. The van der Waals surface area contributed by atoms with E-state index in [1.165, 1.54) is 0 Å². The van der Waals surface area contributed by atoms with Crippen molar-refractivity contribution in [1.29, 1.82) is 0 Å². The number of carbonyl (C=O) groups is 1. The number of methoxy groups -OCH3 is 1. The van der Waals surface area contributed by atoms with Gasteiger partial charge in [-0.25, -0.2) is 0 Å². The van der Waals surface area contributed by atoms with E-state index in [9.17, 15) is 4.79 Å². The number of carbonyl (C=O) groups excluding carboxylic acids is 1. The molecule has 2 atom stereocenters. The molecule has 18 heavy (non-hydrogen) atoms. The number of nitrogens with two attached hydrogens (primary N) is 1. The highest BCUT2D eigenvalue weighted by Gasteiger charge is 2.17. The Morgan fingerprint density at radius 2 is 2.06 bits per heavy atom. The van der Waals surface area contributed by atoms with Gasteiger partial charge in [0.05, 0.1) is 18.7 Å². The zero-order valence-electron chi connectivity index (χ0n) is 11.1. The van der Waals surface area contributed by atoms with Crippen LogP contribution in [0.2, 0.25) is 0 Å². The van der Waals surface area contributed by atoms with Crippen molar-refractivity contribution in [2.75, 3.05) is 13.7 Å². The zero-order chi connectivity index (χ0) is 13.4. The maximum Gasteiger partial charge on any atom is 0.237 e. The summed E-state index contributed by atoms with van der Waals surface area (Å²) in [6.45, 7) is 2.52. The summed E-state index contributed by atoms with van der Waals surface area (Å²) >= 11 is 0. The summed E-state index contributed by atoms with van der Waals surface area (Å²) in [6.07, 6.45) is 1.38. The third-order valence-electron chi connectivity index (χ3n) is 2.84. The van der Waals surface area contributed by atoms with Crippen molar-refractivity contribution in [1.82, 2.24) is 5.32 Å². The maximum absolute atomic E-state index is 11.9. The molecule has 0 fully saturated rings. The van der Waals surface area contributed by atoms with Gasteiger partial charge in [-0.05, 0) is 18.4 Å². The highest BCUT2D eigenvalue weighted by molar-refractivity contribution is 5.82. The fraction of sp³-hybridized carbons (Fsp3) is 0.500. The van der Waals surface area contributed by atoms with Gasteiger partial charge in [-0.1, -0.05) is 37.3 Å². The minimum atomic E-state index is -0.515. The van der Waals surface area contributed by atoms with Crippen LogP contribution in [0, 0.1) is 0 Å². The largest absolute Gasteiger partial charge is 0.383 e. The Morgan fingerprint density at radius 3 is 2.61 bits per heavy atom. The minimum absolute atomic E-state index is 0.0318. The summed E-state index contributed by atoms with van der Waals surface area (Å²) in [7, 11) is 1.62. The summed E-state index contributed by atoms with van der Waals surface area (Å²) < 4.78 is 5.04. The van der Waals surface area contributed by atoms with E-state index in [1.807, 2.05) is 37.3 Å². The summed E-state index contributed by atoms with van der Waals surface area (Å²) in [5.74, 6) is -0.122. The summed E-state index contributed by atoms with van der Waals surface area (Å²) in [6, 6.07) is 9.29. The fourth-order valence-corrected chi connectivity index (χ4v) is 1.73. The smallest absolute Gasteiger partial charge is 0.237 e. The molecular weight excluding hydrogens is 228 g/mol. The number of hydrogen-bond acceptors (Lipinski definition) is 3. The lowest BCUT2D eigenvalue weighted by Crippen LogP contribution is -2.47. The number of hydrogen-bond donors (Lipinski definition) is 2. The molecule has 1 rings (SSSR count). The predicted octanol–water partition coefficient (Wildman–Crippen LogP) is 1.10. The number of benzene rings is 1. The number of nitrogens with one attached hydrogen (secondary N) is 1. The van der Waals surface area contributed by atoms with Gasteiger partial charge in [0.25, 0.3) is 0 Å². The Kier molecular flexibility index (Phi) is 6.39. The van der Waals surface area contributed by atoms with E-state index in [2.05, 4.69) is 5.32 Å². The molecule has 0 saturated heterocycles. The lowest BCUT2D eigenvalue weighted by molar-refractivity contribution is -0.123. The van der Waals surface area contributed by atoms with Crippen LogP contribution in [-0.4, -0.2) is 31.7 Å². The van der Waals surface area contributed by atoms with Crippen LogP contribution < -0.4 is 11.1 Å². The van der Waals surface area contributed by atoms with Gasteiger partial charge in [-0.2, -0.15) is 0 Å². The first kappa shape index (κ1) is 14.7. The Balaban J connectivity index is 2.46. The Labute approximate surface area is 109 Å². The quantitative estimate of drug-likeness (QED) is 0.761. The van der Waals surface area contributed by atoms with Gasteiger partial charge in [0.1, 0.15) is 0 Å². The third-order valence-corrected chi connectivity index (χ3v) is 2.84. The second-order valence-electron chi connectivity index (χ2n) is 4.37. The zero-order valence-corrected chi connectivity index (χ0v) is 11.1. The van der Waals surface area contributed by atoms with Gasteiger partial charge in [0, 0.05) is 7.11 Å². The van der Waals surface area contributed by atoms with E-state index in [4.69, 9.17) is 10.5 Å². The molecule has 1 unspecified atom stereocenters. The molecule has 1 amide bonds. The van der Waals surface area contributed by atoms with Gasteiger partial charge in [0.2, 0.25) is 5.91 Å². The first-order chi connectivity index (χ1) is 8.67. The van der Waals surface area contributed by atoms with Gasteiger partial charge >= 0.3 is 0 Å². The maximum atomic E-state index is 11.9. The molecule has 1 aromatic carbocycles. The lowest BCUT2D eigenvalue weighted by atomic mass is 10.1. The van der Waals surface area contributed by atoms with Crippen LogP contribution in [0.1, 0.15) is 18.9 Å². The monoisotopic (exact) mass is 250 g/mol. The van der Waals surface area contributed by atoms with Crippen LogP contribution in [0.15, 0.2) is 30.3 Å². The third kappa shape index (κ3) is 4.85. The second-order valence-corrected chi connectivity index (χ2v) is 4.37. The molecule has 1 aromatic rings. The summed E-state index contributed by atoms with van der Waals surface area (Å²) in [5, 5.41) is 2.90. The summed E-state index contributed by atoms with van der Waals surface area (Å²) in [5.41, 5.74) is 6.96. The van der Waals surface area contributed by atoms with E-state index in [1.54, 1.807) is 7.11 Å². The van der Waals surface area contributed by atoms with E-state index in [-0.39, 0.29) is 11.9 Å². The lowest BCUT2D eigenvalue weighted by Gasteiger charge is -2.19. The molecule has 0 aliphatic rings. The summed E-state index contributed by atoms with van der Waals surface area (Å²) in [4.78, 5) is 11.9. The molecule has 0 aliphatic heterocycles. The second kappa shape index (κ2) is 7.84. The molecule has 3 N–H and O–H groups in total. The molecule has 0 radical (unpaired) electrons. The highest BCUT2D eigenvalue weighted by Crippen LogP contribution is 2.02. The van der Waals surface area contributed by atoms with Gasteiger partial charge in [-0.15, -0.1) is 0 Å². The van der Waals surface area contributed by atoms with E-state index >= 15 is 0 Å². The van der Waals surface area contributed by atoms with Crippen molar-refractivity contribution in [3.05, 3.63) is 35.9 Å². The Bertz CT molecular complexity index is 354. The molecule has 0 bridgehead atoms. The van der Waals surface area contributed by atoms with Crippen LogP contribution in [0.4, 0.5) is 0 Å². The SMILES string of the molecule is CCC(COC)NC(=O)[C@@H](N)Cc1ccccc1. The first-order valence-electron chi connectivity index (χ1n) is 6.26. The van der Waals surface area contributed by atoms with Crippen molar-refractivity contribution in [2.24, 2.45) is 5.73 Å². The fourth-order valence-electron chi connectivity index (χ4n) is 1.73. The Hall–Kier alpha value is -1.39. The number of amides is 1.